The lowest BCUT2D eigenvalue weighted by Gasteiger charge is -2.19. The summed E-state index contributed by atoms with van der Waals surface area (Å²) in [6, 6.07) is 0.0188. The Morgan fingerprint density at radius 2 is 2.31 bits per heavy atom. The van der Waals surface area contributed by atoms with Gasteiger partial charge in [0.1, 0.15) is 0 Å². The lowest BCUT2D eigenvalue weighted by atomic mass is 10.2. The number of aliphatic hydroxyl groups excluding tert-OH is 1. The van der Waals surface area contributed by atoms with Crippen LogP contribution in [0.2, 0.25) is 0 Å². The van der Waals surface area contributed by atoms with Gasteiger partial charge in [-0.2, -0.15) is 0 Å². The maximum atomic E-state index is 11.7. The molecule has 1 amide bonds. The maximum Gasteiger partial charge on any atom is 0.239 e. The number of hydrogen-bond acceptors (Lipinski definition) is 3. The van der Waals surface area contributed by atoms with Crippen LogP contribution in [-0.2, 0) is 4.79 Å². The van der Waals surface area contributed by atoms with Crippen LogP contribution in [0.5, 0.6) is 0 Å². The number of rotatable bonds is 1. The van der Waals surface area contributed by atoms with Crippen LogP contribution in [0.3, 0.4) is 0 Å². The molecular formula is C9H16N2O2. The van der Waals surface area contributed by atoms with Crippen molar-refractivity contribution in [3.05, 3.63) is 0 Å². The zero-order chi connectivity index (χ0) is 9.26. The first-order valence-electron chi connectivity index (χ1n) is 4.97. The third kappa shape index (κ3) is 1.84. The topological polar surface area (TPSA) is 52.6 Å². The minimum atomic E-state index is -0.301. The molecule has 0 radical (unpaired) electrons. The number of amides is 1. The predicted molar refractivity (Wildman–Crippen MR) is 48.2 cm³/mol. The number of aliphatic hydroxyl groups is 1. The van der Waals surface area contributed by atoms with E-state index in [-0.39, 0.29) is 18.1 Å². The third-order valence-electron chi connectivity index (χ3n) is 2.83. The molecule has 0 aromatic heterocycles. The van der Waals surface area contributed by atoms with Crippen molar-refractivity contribution in [2.75, 3.05) is 19.6 Å². The number of carbonyl (C=O) groups excluding carboxylic acids is 1. The van der Waals surface area contributed by atoms with Crippen LogP contribution in [0.25, 0.3) is 0 Å². The minimum Gasteiger partial charge on any atom is -0.391 e. The molecule has 2 aliphatic heterocycles. The summed E-state index contributed by atoms with van der Waals surface area (Å²) in [4.78, 5) is 13.5. The molecule has 0 aliphatic carbocycles. The van der Waals surface area contributed by atoms with Crippen LogP contribution in [0.1, 0.15) is 19.3 Å². The van der Waals surface area contributed by atoms with E-state index in [1.54, 1.807) is 4.90 Å². The molecule has 2 aliphatic rings. The van der Waals surface area contributed by atoms with Crippen LogP contribution in [0.4, 0.5) is 0 Å². The second-order valence-electron chi connectivity index (χ2n) is 3.88. The fourth-order valence-electron chi connectivity index (χ4n) is 2.06. The van der Waals surface area contributed by atoms with Crippen LogP contribution < -0.4 is 5.32 Å². The van der Waals surface area contributed by atoms with Crippen LogP contribution in [-0.4, -0.2) is 47.7 Å². The fourth-order valence-corrected chi connectivity index (χ4v) is 2.06. The molecule has 2 N–H and O–H groups in total. The zero-order valence-corrected chi connectivity index (χ0v) is 7.70. The first-order chi connectivity index (χ1) is 6.27. The van der Waals surface area contributed by atoms with Gasteiger partial charge in [0.15, 0.2) is 0 Å². The van der Waals surface area contributed by atoms with E-state index in [0.29, 0.717) is 6.54 Å². The van der Waals surface area contributed by atoms with Crippen molar-refractivity contribution in [1.29, 1.82) is 0 Å². The molecule has 2 saturated heterocycles. The van der Waals surface area contributed by atoms with E-state index in [4.69, 9.17) is 0 Å². The van der Waals surface area contributed by atoms with Gasteiger partial charge in [-0.25, -0.2) is 0 Å². The number of nitrogens with zero attached hydrogens (tertiary/aromatic N) is 1. The standard InChI is InChI=1S/C9H16N2O2/c12-7-3-5-11(6-7)9(13)8-2-1-4-10-8/h7-8,10,12H,1-6H2/t7?,8-/m0/s1. The van der Waals surface area contributed by atoms with Crippen molar-refractivity contribution in [3.63, 3.8) is 0 Å². The van der Waals surface area contributed by atoms with Gasteiger partial charge < -0.3 is 15.3 Å². The molecule has 1 unspecified atom stereocenters. The highest BCUT2D eigenvalue weighted by atomic mass is 16.3. The van der Waals surface area contributed by atoms with Crippen molar-refractivity contribution in [2.24, 2.45) is 0 Å². The molecule has 4 heteroatoms. The monoisotopic (exact) mass is 184 g/mol. The summed E-state index contributed by atoms with van der Waals surface area (Å²) in [5.41, 5.74) is 0. The third-order valence-corrected chi connectivity index (χ3v) is 2.83. The Kier molecular flexibility index (Phi) is 2.51. The van der Waals surface area contributed by atoms with E-state index in [2.05, 4.69) is 5.32 Å². The number of β-amino-alcohol motifs (C(OH)–C–C–N with tert-alkyl or cyclic N) is 1. The molecule has 0 saturated carbocycles. The van der Waals surface area contributed by atoms with E-state index in [0.717, 1.165) is 32.4 Å². The molecule has 13 heavy (non-hydrogen) atoms. The highest BCUT2D eigenvalue weighted by Gasteiger charge is 2.31. The van der Waals surface area contributed by atoms with Gasteiger partial charge in [0.05, 0.1) is 12.1 Å². The molecule has 0 aromatic rings. The van der Waals surface area contributed by atoms with Gasteiger partial charge in [0.2, 0.25) is 5.91 Å². The summed E-state index contributed by atoms with van der Waals surface area (Å²) in [7, 11) is 0. The van der Waals surface area contributed by atoms with Crippen LogP contribution in [0.15, 0.2) is 0 Å². The maximum absolute atomic E-state index is 11.7. The minimum absolute atomic E-state index is 0.0188. The zero-order valence-electron chi connectivity index (χ0n) is 7.70. The highest BCUT2D eigenvalue weighted by molar-refractivity contribution is 5.82. The SMILES string of the molecule is O=C([C@@H]1CCCN1)N1CCC(O)C1. The van der Waals surface area contributed by atoms with Crippen molar-refractivity contribution in [1.82, 2.24) is 10.2 Å². The second kappa shape index (κ2) is 3.64. The predicted octanol–water partition coefficient (Wildman–Crippen LogP) is -0.668. The van der Waals surface area contributed by atoms with Gasteiger partial charge in [-0.15, -0.1) is 0 Å². The van der Waals surface area contributed by atoms with Gasteiger partial charge in [-0.3, -0.25) is 4.79 Å². The van der Waals surface area contributed by atoms with Gasteiger partial charge >= 0.3 is 0 Å². The van der Waals surface area contributed by atoms with E-state index < -0.39 is 0 Å². The molecule has 2 fully saturated rings. The van der Waals surface area contributed by atoms with E-state index in [9.17, 15) is 9.90 Å². The van der Waals surface area contributed by atoms with Crippen LogP contribution >= 0.6 is 0 Å². The largest absolute Gasteiger partial charge is 0.391 e. The molecule has 4 nitrogen and oxygen atoms in total. The molecule has 74 valence electrons. The van der Waals surface area contributed by atoms with Gasteiger partial charge in [-0.05, 0) is 25.8 Å². The quantitative estimate of drug-likeness (QED) is 0.568. The molecule has 0 bridgehead atoms. The highest BCUT2D eigenvalue weighted by Crippen LogP contribution is 2.14. The average molecular weight is 184 g/mol. The summed E-state index contributed by atoms with van der Waals surface area (Å²) in [6.45, 7) is 2.20. The Morgan fingerprint density at radius 3 is 2.85 bits per heavy atom. The normalized spacial score (nSPS) is 34.1. The average Bonchev–Trinajstić information content (AvgIpc) is 2.72. The van der Waals surface area contributed by atoms with E-state index in [1.165, 1.54) is 0 Å². The first-order valence-corrected chi connectivity index (χ1v) is 4.97. The summed E-state index contributed by atoms with van der Waals surface area (Å²) in [5, 5.41) is 12.5. The summed E-state index contributed by atoms with van der Waals surface area (Å²) < 4.78 is 0. The van der Waals surface area contributed by atoms with E-state index in [1.807, 2.05) is 0 Å². The Balaban J connectivity index is 1.89. The molecule has 2 atom stereocenters. The lowest BCUT2D eigenvalue weighted by molar-refractivity contribution is -0.132. The van der Waals surface area contributed by atoms with Gasteiger partial charge in [0, 0.05) is 13.1 Å². The number of nitrogens with one attached hydrogen (secondary N) is 1. The van der Waals surface area contributed by atoms with Gasteiger partial charge in [0.25, 0.3) is 0 Å². The summed E-state index contributed by atoms with van der Waals surface area (Å²) >= 11 is 0. The Bertz CT molecular complexity index is 202. The fraction of sp³-hybridized carbons (Fsp3) is 0.889. The Morgan fingerprint density at radius 1 is 1.46 bits per heavy atom. The lowest BCUT2D eigenvalue weighted by Crippen LogP contribution is -2.42. The summed E-state index contributed by atoms with van der Waals surface area (Å²) in [5.74, 6) is 0.175. The number of hydrogen-bond donors (Lipinski definition) is 2. The molecule has 2 rings (SSSR count). The molecule has 2 heterocycles. The smallest absolute Gasteiger partial charge is 0.239 e. The second-order valence-corrected chi connectivity index (χ2v) is 3.88. The Labute approximate surface area is 77.9 Å². The van der Waals surface area contributed by atoms with Gasteiger partial charge in [-0.1, -0.05) is 0 Å². The molecule has 0 spiro atoms. The Hall–Kier alpha value is -0.610. The van der Waals surface area contributed by atoms with Crippen LogP contribution in [0, 0.1) is 0 Å². The van der Waals surface area contributed by atoms with Crippen molar-refractivity contribution in [2.45, 2.75) is 31.4 Å². The number of likely N-dealkylation sites (tertiary alicyclic amines) is 1. The van der Waals surface area contributed by atoms with Crippen molar-refractivity contribution >= 4 is 5.91 Å². The van der Waals surface area contributed by atoms with Crippen molar-refractivity contribution < 1.29 is 9.90 Å². The molecule has 0 aromatic carbocycles. The number of carbonyl (C=O) groups is 1. The molecular weight excluding hydrogens is 168 g/mol. The summed E-state index contributed by atoms with van der Waals surface area (Å²) in [6.07, 6.45) is 2.47. The van der Waals surface area contributed by atoms with E-state index >= 15 is 0 Å². The van der Waals surface area contributed by atoms with Crippen molar-refractivity contribution in [3.8, 4) is 0 Å². The first kappa shape index (κ1) is 8.97.